The predicted molar refractivity (Wildman–Crippen MR) is 132 cm³/mol. The Balaban J connectivity index is 0.00000272. The lowest BCUT2D eigenvalue weighted by molar-refractivity contribution is 0.371. The van der Waals surface area contributed by atoms with E-state index in [2.05, 4.69) is 40.3 Å². The first-order chi connectivity index (χ1) is 14.8. The molecule has 9 nitrogen and oxygen atoms in total. The molecule has 164 valence electrons. The van der Waals surface area contributed by atoms with Gasteiger partial charge in [0.15, 0.2) is 11.8 Å². The molecule has 0 saturated carbocycles. The first kappa shape index (κ1) is 22.8. The molecule has 1 aliphatic rings. The van der Waals surface area contributed by atoms with Gasteiger partial charge < -0.3 is 19.9 Å². The van der Waals surface area contributed by atoms with Crippen LogP contribution in [-0.2, 0) is 6.54 Å². The van der Waals surface area contributed by atoms with Gasteiger partial charge in [0.2, 0.25) is 0 Å². The molecule has 4 rings (SSSR count). The van der Waals surface area contributed by atoms with Crippen molar-refractivity contribution in [2.75, 3.05) is 45.2 Å². The summed E-state index contributed by atoms with van der Waals surface area (Å²) in [6.07, 6.45) is 1.83. The number of aliphatic imine (C=N–C) groups is 1. The van der Waals surface area contributed by atoms with Crippen LogP contribution in [0.3, 0.4) is 0 Å². The molecule has 2 N–H and O–H groups in total. The normalized spacial score (nSPS) is 14.2. The number of nitrogens with zero attached hydrogens (tertiary/aromatic N) is 6. The van der Waals surface area contributed by atoms with Crippen molar-refractivity contribution in [3.8, 4) is 17.1 Å². The Morgan fingerprint density at radius 2 is 1.90 bits per heavy atom. The van der Waals surface area contributed by atoms with E-state index in [-0.39, 0.29) is 24.0 Å². The van der Waals surface area contributed by atoms with Crippen LogP contribution < -0.4 is 15.0 Å². The topological polar surface area (TPSA) is 94.6 Å². The second-order valence-corrected chi connectivity index (χ2v) is 6.90. The van der Waals surface area contributed by atoms with Gasteiger partial charge in [-0.05, 0) is 36.4 Å². The number of hydrogen-bond acceptors (Lipinski definition) is 6. The van der Waals surface area contributed by atoms with E-state index >= 15 is 0 Å². The summed E-state index contributed by atoms with van der Waals surface area (Å²) in [6, 6.07) is 13.7. The lowest BCUT2D eigenvalue weighted by atomic mass is 10.2. The summed E-state index contributed by atoms with van der Waals surface area (Å²) < 4.78 is 5.19. The van der Waals surface area contributed by atoms with Crippen molar-refractivity contribution < 1.29 is 4.74 Å². The summed E-state index contributed by atoms with van der Waals surface area (Å²) >= 11 is 0. The summed E-state index contributed by atoms with van der Waals surface area (Å²) in [5.41, 5.74) is 0.938. The fraction of sp³-hybridized carbons (Fsp3) is 0.333. The number of pyridine rings is 1. The first-order valence-electron chi connectivity index (χ1n) is 9.94. The monoisotopic (exact) mass is 534 g/mol. The van der Waals surface area contributed by atoms with Gasteiger partial charge in [-0.25, -0.2) is 9.97 Å². The third-order valence-electron chi connectivity index (χ3n) is 5.06. The average molecular weight is 534 g/mol. The third kappa shape index (κ3) is 5.63. The van der Waals surface area contributed by atoms with E-state index in [1.54, 1.807) is 14.2 Å². The van der Waals surface area contributed by atoms with Crippen LogP contribution in [0, 0.1) is 0 Å². The van der Waals surface area contributed by atoms with Gasteiger partial charge in [-0.1, -0.05) is 6.07 Å². The summed E-state index contributed by atoms with van der Waals surface area (Å²) in [6.45, 7) is 4.09. The summed E-state index contributed by atoms with van der Waals surface area (Å²) in [5, 5.41) is 10.7. The standard InChI is InChI=1S/C21H26N8O.HI/c1-22-21(29-13-11-28(12-14-29)19-5-3-4-10-23-19)24-15-18-25-20(27-26-18)16-6-8-17(30-2)9-7-16;/h3-10H,11-15H2,1-2H3,(H,22,24)(H,25,26,27);1H. The molecule has 3 aromatic rings. The molecule has 1 aliphatic heterocycles. The molecule has 0 aliphatic carbocycles. The minimum Gasteiger partial charge on any atom is -0.497 e. The number of guanidine groups is 1. The largest absolute Gasteiger partial charge is 0.497 e. The molecule has 0 amide bonds. The zero-order valence-electron chi connectivity index (χ0n) is 17.7. The summed E-state index contributed by atoms with van der Waals surface area (Å²) in [7, 11) is 3.45. The Labute approximate surface area is 199 Å². The number of nitrogens with one attached hydrogen (secondary N) is 2. The minimum atomic E-state index is 0. The van der Waals surface area contributed by atoms with Crippen molar-refractivity contribution in [3.05, 3.63) is 54.5 Å². The maximum absolute atomic E-state index is 5.19. The van der Waals surface area contributed by atoms with E-state index in [4.69, 9.17) is 4.74 Å². The van der Waals surface area contributed by atoms with Crippen molar-refractivity contribution in [1.82, 2.24) is 30.4 Å². The maximum atomic E-state index is 5.19. The van der Waals surface area contributed by atoms with Crippen molar-refractivity contribution in [2.45, 2.75) is 6.54 Å². The Hall–Kier alpha value is -2.89. The van der Waals surface area contributed by atoms with Gasteiger partial charge in [-0.15, -0.1) is 24.0 Å². The lowest BCUT2D eigenvalue weighted by Gasteiger charge is -2.37. The molecular weight excluding hydrogens is 507 g/mol. The van der Waals surface area contributed by atoms with Crippen molar-refractivity contribution in [1.29, 1.82) is 0 Å². The van der Waals surface area contributed by atoms with Gasteiger partial charge in [0.1, 0.15) is 17.4 Å². The summed E-state index contributed by atoms with van der Waals surface area (Å²) in [4.78, 5) is 18.0. The van der Waals surface area contributed by atoms with Gasteiger partial charge in [0.05, 0.1) is 13.7 Å². The van der Waals surface area contributed by atoms with Crippen LogP contribution in [0.15, 0.2) is 53.7 Å². The number of hydrogen-bond donors (Lipinski definition) is 2. The van der Waals surface area contributed by atoms with Gasteiger partial charge in [0, 0.05) is 45.0 Å². The molecule has 0 unspecified atom stereocenters. The van der Waals surface area contributed by atoms with Crippen LogP contribution in [0.4, 0.5) is 5.82 Å². The highest BCUT2D eigenvalue weighted by molar-refractivity contribution is 14.0. The Morgan fingerprint density at radius 1 is 1.13 bits per heavy atom. The third-order valence-corrected chi connectivity index (χ3v) is 5.06. The molecular formula is C21H27IN8O. The molecule has 10 heteroatoms. The predicted octanol–water partition coefficient (Wildman–Crippen LogP) is 2.39. The molecule has 0 atom stereocenters. The summed E-state index contributed by atoms with van der Waals surface area (Å²) in [5.74, 6) is 4.11. The number of anilines is 1. The van der Waals surface area contributed by atoms with Crippen molar-refractivity contribution in [3.63, 3.8) is 0 Å². The Kier molecular flexibility index (Phi) is 8.04. The molecule has 1 saturated heterocycles. The van der Waals surface area contributed by atoms with E-state index in [1.165, 1.54) is 0 Å². The highest BCUT2D eigenvalue weighted by atomic mass is 127. The number of piperazine rings is 1. The van der Waals surface area contributed by atoms with Gasteiger partial charge in [-0.2, -0.15) is 5.10 Å². The van der Waals surface area contributed by atoms with E-state index in [1.807, 2.05) is 48.7 Å². The van der Waals surface area contributed by atoms with Gasteiger partial charge in [-0.3, -0.25) is 10.1 Å². The Bertz CT molecular complexity index is 969. The molecule has 31 heavy (non-hydrogen) atoms. The van der Waals surface area contributed by atoms with E-state index < -0.39 is 0 Å². The number of ether oxygens (including phenoxy) is 1. The maximum Gasteiger partial charge on any atom is 0.194 e. The molecule has 2 aromatic heterocycles. The highest BCUT2D eigenvalue weighted by Crippen LogP contribution is 2.19. The van der Waals surface area contributed by atoms with Crippen LogP contribution in [0.25, 0.3) is 11.4 Å². The van der Waals surface area contributed by atoms with Crippen molar-refractivity contribution >= 4 is 35.8 Å². The quantitative estimate of drug-likeness (QED) is 0.295. The molecule has 3 heterocycles. The van der Waals surface area contributed by atoms with Crippen LogP contribution in [0.1, 0.15) is 5.82 Å². The number of rotatable bonds is 5. The van der Waals surface area contributed by atoms with E-state index in [0.717, 1.165) is 55.1 Å². The number of aromatic amines is 1. The Morgan fingerprint density at radius 3 is 2.55 bits per heavy atom. The number of H-pyrrole nitrogens is 1. The fourth-order valence-electron chi connectivity index (χ4n) is 3.43. The number of methoxy groups -OCH3 is 1. The lowest BCUT2D eigenvalue weighted by Crippen LogP contribution is -2.52. The zero-order chi connectivity index (χ0) is 20.8. The smallest absolute Gasteiger partial charge is 0.194 e. The molecule has 0 radical (unpaired) electrons. The zero-order valence-corrected chi connectivity index (χ0v) is 20.0. The second-order valence-electron chi connectivity index (χ2n) is 6.90. The number of benzene rings is 1. The van der Waals surface area contributed by atoms with Crippen LogP contribution in [0.5, 0.6) is 5.75 Å². The molecule has 0 spiro atoms. The molecule has 0 bridgehead atoms. The molecule has 1 fully saturated rings. The average Bonchev–Trinajstić information content (AvgIpc) is 3.29. The van der Waals surface area contributed by atoms with E-state index in [9.17, 15) is 0 Å². The second kappa shape index (κ2) is 10.9. The van der Waals surface area contributed by atoms with Crippen LogP contribution in [-0.4, -0.2) is 71.4 Å². The highest BCUT2D eigenvalue weighted by Gasteiger charge is 2.20. The first-order valence-corrected chi connectivity index (χ1v) is 9.94. The SMILES string of the molecule is CN=C(NCc1nc(-c2ccc(OC)cc2)n[nH]1)N1CCN(c2ccccn2)CC1.I. The van der Waals surface area contributed by atoms with Crippen molar-refractivity contribution in [2.24, 2.45) is 4.99 Å². The van der Waals surface area contributed by atoms with Gasteiger partial charge >= 0.3 is 0 Å². The van der Waals surface area contributed by atoms with Gasteiger partial charge in [0.25, 0.3) is 0 Å². The fourth-order valence-corrected chi connectivity index (χ4v) is 3.43. The van der Waals surface area contributed by atoms with Crippen LogP contribution >= 0.6 is 24.0 Å². The van der Waals surface area contributed by atoms with E-state index in [0.29, 0.717) is 12.4 Å². The van der Waals surface area contributed by atoms with Crippen LogP contribution in [0.2, 0.25) is 0 Å². The number of halogens is 1. The molecule has 1 aromatic carbocycles. The number of aromatic nitrogens is 4. The minimum absolute atomic E-state index is 0.